The number of hydrogen-bond donors (Lipinski definition) is 1. The Bertz CT molecular complexity index is 448. The minimum absolute atomic E-state index is 0.477. The van der Waals surface area contributed by atoms with Crippen molar-refractivity contribution in [2.24, 2.45) is 36.6 Å². The molecular formula is C14H20BrN3. The van der Waals surface area contributed by atoms with E-state index in [4.69, 9.17) is 0 Å². The summed E-state index contributed by atoms with van der Waals surface area (Å²) in [5.41, 5.74) is 1.33. The number of nitrogens with one attached hydrogen (secondary N) is 1. The van der Waals surface area contributed by atoms with Crippen LogP contribution in [0.15, 0.2) is 10.7 Å². The van der Waals surface area contributed by atoms with E-state index in [0.717, 1.165) is 34.1 Å². The van der Waals surface area contributed by atoms with Crippen molar-refractivity contribution in [3.05, 3.63) is 16.4 Å². The number of rotatable bonds is 3. The molecule has 0 radical (unpaired) electrons. The first kappa shape index (κ1) is 11.5. The van der Waals surface area contributed by atoms with Crippen LogP contribution in [-0.4, -0.2) is 16.8 Å². The second kappa shape index (κ2) is 3.83. The van der Waals surface area contributed by atoms with E-state index in [1.54, 1.807) is 0 Å². The molecule has 4 heteroatoms. The largest absolute Gasteiger partial charge is 0.311 e. The molecule has 0 aromatic carbocycles. The van der Waals surface area contributed by atoms with Crippen molar-refractivity contribution in [3.63, 3.8) is 0 Å². The molecule has 1 aromatic rings. The van der Waals surface area contributed by atoms with Crippen molar-refractivity contribution < 1.29 is 0 Å². The van der Waals surface area contributed by atoms with Crippen molar-refractivity contribution in [3.8, 4) is 0 Å². The SMILES string of the molecule is CNC(c1c(Br)cnn1C)C1C2C3CCC(C3)C21. The van der Waals surface area contributed by atoms with Crippen LogP contribution in [0.2, 0.25) is 0 Å². The Labute approximate surface area is 116 Å². The van der Waals surface area contributed by atoms with Gasteiger partial charge in [-0.15, -0.1) is 0 Å². The summed E-state index contributed by atoms with van der Waals surface area (Å²) in [6.07, 6.45) is 6.43. The van der Waals surface area contributed by atoms with Gasteiger partial charge in [-0.05, 0) is 71.8 Å². The molecule has 98 valence electrons. The van der Waals surface area contributed by atoms with Crippen LogP contribution in [0.3, 0.4) is 0 Å². The second-order valence-corrected chi connectivity index (χ2v) is 7.19. The Hall–Kier alpha value is -0.350. The molecule has 3 aliphatic rings. The van der Waals surface area contributed by atoms with E-state index in [1.165, 1.54) is 25.0 Å². The van der Waals surface area contributed by atoms with Gasteiger partial charge in [-0.25, -0.2) is 0 Å². The van der Waals surface area contributed by atoms with Crippen LogP contribution in [0, 0.1) is 29.6 Å². The minimum Gasteiger partial charge on any atom is -0.311 e. The molecule has 0 aliphatic heterocycles. The van der Waals surface area contributed by atoms with Gasteiger partial charge in [0.05, 0.1) is 22.4 Å². The van der Waals surface area contributed by atoms with Gasteiger partial charge in [0.25, 0.3) is 0 Å². The zero-order chi connectivity index (χ0) is 12.4. The Morgan fingerprint density at radius 3 is 2.56 bits per heavy atom. The first-order valence-electron chi connectivity index (χ1n) is 7.07. The Morgan fingerprint density at radius 2 is 2.06 bits per heavy atom. The van der Waals surface area contributed by atoms with E-state index < -0.39 is 0 Å². The highest BCUT2D eigenvalue weighted by Crippen LogP contribution is 2.72. The third-order valence-corrected chi connectivity index (χ3v) is 6.33. The maximum absolute atomic E-state index is 4.37. The third-order valence-electron chi connectivity index (χ3n) is 5.72. The summed E-state index contributed by atoms with van der Waals surface area (Å²) < 4.78 is 3.18. The first-order valence-corrected chi connectivity index (χ1v) is 7.86. The van der Waals surface area contributed by atoms with Crippen molar-refractivity contribution >= 4 is 15.9 Å². The van der Waals surface area contributed by atoms with Crippen LogP contribution in [0.1, 0.15) is 31.0 Å². The van der Waals surface area contributed by atoms with Crippen LogP contribution in [-0.2, 0) is 7.05 Å². The molecule has 1 aromatic heterocycles. The number of nitrogens with zero attached hydrogens (tertiary/aromatic N) is 2. The lowest BCUT2D eigenvalue weighted by atomic mass is 9.95. The van der Waals surface area contributed by atoms with E-state index >= 15 is 0 Å². The van der Waals surface area contributed by atoms with Crippen LogP contribution in [0.4, 0.5) is 0 Å². The molecular weight excluding hydrogens is 290 g/mol. The highest BCUT2D eigenvalue weighted by Gasteiger charge is 2.67. The smallest absolute Gasteiger partial charge is 0.0695 e. The molecule has 1 N–H and O–H groups in total. The molecule has 0 spiro atoms. The van der Waals surface area contributed by atoms with E-state index in [1.807, 2.05) is 10.9 Å². The predicted octanol–water partition coefficient (Wildman–Crippen LogP) is 2.74. The van der Waals surface area contributed by atoms with Crippen molar-refractivity contribution in [2.45, 2.75) is 25.3 Å². The molecule has 3 fully saturated rings. The van der Waals surface area contributed by atoms with E-state index in [0.29, 0.717) is 6.04 Å². The molecule has 18 heavy (non-hydrogen) atoms. The van der Waals surface area contributed by atoms with Crippen molar-refractivity contribution in [1.82, 2.24) is 15.1 Å². The lowest BCUT2D eigenvalue weighted by molar-refractivity contribution is 0.371. The van der Waals surface area contributed by atoms with Gasteiger partial charge >= 0.3 is 0 Å². The van der Waals surface area contributed by atoms with Gasteiger partial charge in [0.15, 0.2) is 0 Å². The summed E-state index contributed by atoms with van der Waals surface area (Å²) >= 11 is 3.66. The fourth-order valence-electron chi connectivity index (χ4n) is 5.12. The van der Waals surface area contributed by atoms with Gasteiger partial charge in [-0.2, -0.15) is 5.10 Å². The zero-order valence-electron chi connectivity index (χ0n) is 10.9. The van der Waals surface area contributed by atoms with Crippen LogP contribution >= 0.6 is 15.9 Å². The number of hydrogen-bond acceptors (Lipinski definition) is 2. The third kappa shape index (κ3) is 1.36. The number of fused-ring (bicyclic) bond motifs is 5. The molecule has 5 atom stereocenters. The molecule has 5 unspecified atom stereocenters. The summed E-state index contributed by atoms with van der Waals surface area (Å²) in [6.45, 7) is 0. The number of aromatic nitrogens is 2. The van der Waals surface area contributed by atoms with Gasteiger partial charge in [-0.3, -0.25) is 4.68 Å². The zero-order valence-corrected chi connectivity index (χ0v) is 12.5. The Balaban J connectivity index is 1.64. The lowest BCUT2D eigenvalue weighted by Crippen LogP contribution is -2.24. The fourth-order valence-corrected chi connectivity index (χ4v) is 5.71. The normalized spacial score (nSPS) is 42.1. The predicted molar refractivity (Wildman–Crippen MR) is 74.0 cm³/mol. The van der Waals surface area contributed by atoms with Gasteiger partial charge in [0.2, 0.25) is 0 Å². The molecule has 0 saturated heterocycles. The summed E-state index contributed by atoms with van der Waals surface area (Å²) in [5.74, 6) is 4.93. The van der Waals surface area contributed by atoms with E-state index in [9.17, 15) is 0 Å². The van der Waals surface area contributed by atoms with Gasteiger partial charge < -0.3 is 5.32 Å². The van der Waals surface area contributed by atoms with Crippen molar-refractivity contribution in [1.29, 1.82) is 0 Å². The molecule has 3 nitrogen and oxygen atoms in total. The monoisotopic (exact) mass is 309 g/mol. The van der Waals surface area contributed by atoms with Crippen LogP contribution < -0.4 is 5.32 Å². The van der Waals surface area contributed by atoms with Crippen LogP contribution in [0.5, 0.6) is 0 Å². The maximum Gasteiger partial charge on any atom is 0.0695 e. The first-order chi connectivity index (χ1) is 8.72. The highest BCUT2D eigenvalue weighted by atomic mass is 79.9. The summed E-state index contributed by atoms with van der Waals surface area (Å²) in [4.78, 5) is 0. The average molecular weight is 310 g/mol. The lowest BCUT2D eigenvalue weighted by Gasteiger charge is -2.21. The molecule has 0 amide bonds. The van der Waals surface area contributed by atoms with Gasteiger partial charge in [0, 0.05) is 7.05 Å². The summed E-state index contributed by atoms with van der Waals surface area (Å²) in [5, 5.41) is 7.93. The van der Waals surface area contributed by atoms with Crippen molar-refractivity contribution in [2.75, 3.05) is 7.05 Å². The quantitative estimate of drug-likeness (QED) is 0.930. The van der Waals surface area contributed by atoms with E-state index in [-0.39, 0.29) is 0 Å². The highest BCUT2D eigenvalue weighted by molar-refractivity contribution is 9.10. The standard InChI is InChI=1S/C14H20BrN3/c1-16-13(14-9(15)6-17-18(14)2)12-10-7-3-4-8(5-7)11(10)12/h6-8,10-13,16H,3-5H2,1-2H3. The molecule has 3 saturated carbocycles. The van der Waals surface area contributed by atoms with Crippen LogP contribution in [0.25, 0.3) is 0 Å². The Kier molecular flexibility index (Phi) is 2.44. The van der Waals surface area contributed by atoms with Gasteiger partial charge in [0.1, 0.15) is 0 Å². The molecule has 3 aliphatic carbocycles. The minimum atomic E-state index is 0.477. The fraction of sp³-hybridized carbons (Fsp3) is 0.786. The topological polar surface area (TPSA) is 29.9 Å². The average Bonchev–Trinajstić information content (AvgIpc) is 2.69. The maximum atomic E-state index is 4.37. The summed E-state index contributed by atoms with van der Waals surface area (Å²) in [6, 6.07) is 0.477. The molecule has 2 bridgehead atoms. The molecule has 1 heterocycles. The molecule has 4 rings (SSSR count). The number of aryl methyl sites for hydroxylation is 1. The van der Waals surface area contributed by atoms with Gasteiger partial charge in [-0.1, -0.05) is 0 Å². The number of halogens is 1. The second-order valence-electron chi connectivity index (χ2n) is 6.33. The Morgan fingerprint density at radius 1 is 1.39 bits per heavy atom. The van der Waals surface area contributed by atoms with E-state index in [2.05, 4.69) is 40.4 Å². The summed E-state index contributed by atoms with van der Waals surface area (Å²) in [7, 11) is 4.15.